The van der Waals surface area contributed by atoms with Gasteiger partial charge in [-0.05, 0) is 87.1 Å². The fourth-order valence-electron chi connectivity index (χ4n) is 6.00. The average molecular weight is 471 g/mol. The van der Waals surface area contributed by atoms with Gasteiger partial charge in [-0.2, -0.15) is 0 Å². The van der Waals surface area contributed by atoms with Crippen LogP contribution in [0.25, 0.3) is 0 Å². The second-order valence-corrected chi connectivity index (χ2v) is 11.1. The quantitative estimate of drug-likeness (QED) is 0.475. The largest absolute Gasteiger partial charge is 0.375 e. The molecule has 2 aromatic rings. The fraction of sp³-hybridized carbons (Fsp3) is 0.667. The first kappa shape index (κ1) is 23.4. The van der Waals surface area contributed by atoms with Crippen LogP contribution >= 0.6 is 11.3 Å². The second kappa shape index (κ2) is 11.0. The lowest BCUT2D eigenvalue weighted by Crippen LogP contribution is -2.47. The molecule has 0 aromatic carbocycles. The van der Waals surface area contributed by atoms with Gasteiger partial charge in [0.25, 0.3) is 0 Å². The van der Waals surface area contributed by atoms with E-state index in [1.54, 1.807) is 0 Å². The molecule has 4 heterocycles. The van der Waals surface area contributed by atoms with Gasteiger partial charge in [-0.25, -0.2) is 0 Å². The van der Waals surface area contributed by atoms with Crippen molar-refractivity contribution in [3.05, 3.63) is 52.0 Å². The number of hydrogen-bond donors (Lipinski definition) is 1. The first-order valence-corrected chi connectivity index (χ1v) is 13.7. The number of thiophene rings is 1. The van der Waals surface area contributed by atoms with Crippen LogP contribution in [0.1, 0.15) is 80.3 Å². The number of pyridine rings is 1. The number of ether oxygens (including phenoxy) is 3. The monoisotopic (exact) mass is 470 g/mol. The van der Waals surface area contributed by atoms with Crippen LogP contribution in [-0.4, -0.2) is 36.6 Å². The van der Waals surface area contributed by atoms with Crippen molar-refractivity contribution in [3.63, 3.8) is 0 Å². The number of hydrogen-bond acceptors (Lipinski definition) is 6. The lowest BCUT2D eigenvalue weighted by Gasteiger charge is -2.46. The summed E-state index contributed by atoms with van der Waals surface area (Å²) >= 11 is 1.82. The normalized spacial score (nSPS) is 27.2. The SMILES string of the molecule is c1ccc([C@]2(CCNCc3sccc3CO[C@@H]3CCCCO3)CCOC3(CCCC3)C2)nc1. The van der Waals surface area contributed by atoms with E-state index in [1.807, 2.05) is 23.6 Å². The van der Waals surface area contributed by atoms with Crippen molar-refractivity contribution in [3.8, 4) is 0 Å². The van der Waals surface area contributed by atoms with Crippen molar-refractivity contribution in [1.29, 1.82) is 0 Å². The molecule has 1 spiro atoms. The van der Waals surface area contributed by atoms with E-state index in [0.717, 1.165) is 58.4 Å². The van der Waals surface area contributed by atoms with Gasteiger partial charge < -0.3 is 19.5 Å². The molecule has 0 bridgehead atoms. The first-order valence-electron chi connectivity index (χ1n) is 12.8. The number of nitrogens with one attached hydrogen (secondary N) is 1. The molecule has 2 saturated heterocycles. The molecule has 0 radical (unpaired) electrons. The zero-order valence-corrected chi connectivity index (χ0v) is 20.5. The zero-order valence-electron chi connectivity index (χ0n) is 19.7. The Hall–Kier alpha value is -1.31. The van der Waals surface area contributed by atoms with E-state index in [4.69, 9.17) is 19.2 Å². The van der Waals surface area contributed by atoms with Crippen LogP contribution in [0.3, 0.4) is 0 Å². The van der Waals surface area contributed by atoms with Gasteiger partial charge in [0.15, 0.2) is 6.29 Å². The van der Waals surface area contributed by atoms with Crippen molar-refractivity contribution in [1.82, 2.24) is 10.3 Å². The molecule has 2 aromatic heterocycles. The van der Waals surface area contributed by atoms with E-state index in [-0.39, 0.29) is 17.3 Å². The van der Waals surface area contributed by atoms with Crippen molar-refractivity contribution in [2.24, 2.45) is 0 Å². The molecule has 0 unspecified atom stereocenters. The minimum absolute atomic E-state index is 0.0332. The molecule has 33 heavy (non-hydrogen) atoms. The van der Waals surface area contributed by atoms with Crippen LogP contribution in [0.4, 0.5) is 0 Å². The Bertz CT molecular complexity index is 861. The average Bonchev–Trinajstić information content (AvgIpc) is 3.51. The fourth-order valence-corrected chi connectivity index (χ4v) is 6.86. The summed E-state index contributed by atoms with van der Waals surface area (Å²) in [5, 5.41) is 5.92. The van der Waals surface area contributed by atoms with Gasteiger partial charge in [0.2, 0.25) is 0 Å². The Morgan fingerprint density at radius 1 is 1.09 bits per heavy atom. The van der Waals surface area contributed by atoms with Crippen LogP contribution in [0, 0.1) is 0 Å². The predicted octanol–water partition coefficient (Wildman–Crippen LogP) is 5.73. The summed E-state index contributed by atoms with van der Waals surface area (Å²) in [5.74, 6) is 0. The van der Waals surface area contributed by atoms with Crippen LogP contribution in [0.2, 0.25) is 0 Å². The third kappa shape index (κ3) is 5.68. The molecule has 6 heteroatoms. The van der Waals surface area contributed by atoms with Crippen LogP contribution in [0.5, 0.6) is 0 Å². The second-order valence-electron chi connectivity index (χ2n) is 10.1. The Labute approximate surface area is 202 Å². The molecular formula is C27H38N2O3S. The summed E-state index contributed by atoms with van der Waals surface area (Å²) in [5.41, 5.74) is 2.72. The van der Waals surface area contributed by atoms with Crippen molar-refractivity contribution in [2.45, 2.75) is 94.7 Å². The molecule has 2 atom stereocenters. The predicted molar refractivity (Wildman–Crippen MR) is 131 cm³/mol. The van der Waals surface area contributed by atoms with Crippen molar-refractivity contribution < 1.29 is 14.2 Å². The number of nitrogens with zero attached hydrogens (tertiary/aromatic N) is 1. The number of aromatic nitrogens is 1. The first-order chi connectivity index (χ1) is 16.3. The van der Waals surface area contributed by atoms with Crippen molar-refractivity contribution in [2.75, 3.05) is 19.8 Å². The maximum absolute atomic E-state index is 6.39. The molecule has 180 valence electrons. The third-order valence-electron chi connectivity index (χ3n) is 7.84. The molecule has 3 fully saturated rings. The van der Waals surface area contributed by atoms with Gasteiger partial charge in [-0.3, -0.25) is 4.98 Å². The summed E-state index contributed by atoms with van der Waals surface area (Å²) in [6.07, 6.45) is 13.6. The molecule has 1 saturated carbocycles. The van der Waals surface area contributed by atoms with Gasteiger partial charge in [-0.15, -0.1) is 11.3 Å². The van der Waals surface area contributed by atoms with Gasteiger partial charge in [0, 0.05) is 41.9 Å². The summed E-state index contributed by atoms with van der Waals surface area (Å²) in [6, 6.07) is 8.60. The van der Waals surface area contributed by atoms with Gasteiger partial charge in [0.05, 0.1) is 12.2 Å². The van der Waals surface area contributed by atoms with Gasteiger partial charge in [-0.1, -0.05) is 18.9 Å². The topological polar surface area (TPSA) is 52.6 Å². The molecule has 3 aliphatic rings. The van der Waals surface area contributed by atoms with Gasteiger partial charge >= 0.3 is 0 Å². The molecule has 5 rings (SSSR count). The standard InChI is InChI=1S/C27H38N2O3S/c1-5-14-29-24(7-1)26(13-17-32-27(21-26)10-3-4-11-27)12-15-28-19-23-22(9-18-33-23)20-31-25-8-2-6-16-30-25/h1,5,7,9,14,18,25,28H,2-4,6,8,10-13,15-17,19-21H2/t25-,26-/m1/s1. The molecule has 5 nitrogen and oxygen atoms in total. The highest BCUT2D eigenvalue weighted by Crippen LogP contribution is 2.49. The lowest BCUT2D eigenvalue weighted by molar-refractivity contribution is -0.168. The van der Waals surface area contributed by atoms with E-state index < -0.39 is 0 Å². The summed E-state index contributed by atoms with van der Waals surface area (Å²) in [4.78, 5) is 6.20. The Morgan fingerprint density at radius 3 is 2.85 bits per heavy atom. The van der Waals surface area contributed by atoms with Crippen LogP contribution in [-0.2, 0) is 32.8 Å². The van der Waals surface area contributed by atoms with E-state index in [9.17, 15) is 0 Å². The molecule has 1 aliphatic carbocycles. The smallest absolute Gasteiger partial charge is 0.158 e. The number of rotatable bonds is 9. The summed E-state index contributed by atoms with van der Waals surface area (Å²) < 4.78 is 18.1. The molecule has 2 aliphatic heterocycles. The molecule has 1 N–H and O–H groups in total. The highest BCUT2D eigenvalue weighted by Gasteiger charge is 2.48. The maximum Gasteiger partial charge on any atom is 0.158 e. The van der Waals surface area contributed by atoms with Crippen molar-refractivity contribution >= 4 is 11.3 Å². The van der Waals surface area contributed by atoms with E-state index in [0.29, 0.717) is 6.61 Å². The highest BCUT2D eigenvalue weighted by atomic mass is 32.1. The summed E-state index contributed by atoms with van der Waals surface area (Å²) in [6.45, 7) is 4.20. The molecular weight excluding hydrogens is 432 g/mol. The van der Waals surface area contributed by atoms with E-state index in [2.05, 4.69) is 28.9 Å². The van der Waals surface area contributed by atoms with Gasteiger partial charge in [0.1, 0.15) is 0 Å². The lowest BCUT2D eigenvalue weighted by atomic mass is 9.68. The third-order valence-corrected chi connectivity index (χ3v) is 8.80. The zero-order chi connectivity index (χ0) is 22.4. The van der Waals surface area contributed by atoms with E-state index >= 15 is 0 Å². The summed E-state index contributed by atoms with van der Waals surface area (Å²) in [7, 11) is 0. The maximum atomic E-state index is 6.39. The highest BCUT2D eigenvalue weighted by molar-refractivity contribution is 7.10. The Morgan fingerprint density at radius 2 is 2.03 bits per heavy atom. The van der Waals surface area contributed by atoms with Crippen LogP contribution in [0.15, 0.2) is 35.8 Å². The molecule has 0 amide bonds. The minimum Gasteiger partial charge on any atom is -0.375 e. The Kier molecular flexibility index (Phi) is 7.78. The Balaban J connectivity index is 1.18. The minimum atomic E-state index is -0.0332. The van der Waals surface area contributed by atoms with E-state index in [1.165, 1.54) is 48.2 Å². The van der Waals surface area contributed by atoms with Crippen LogP contribution < -0.4 is 5.32 Å².